The van der Waals surface area contributed by atoms with Crippen LogP contribution in [0.3, 0.4) is 0 Å². The van der Waals surface area contributed by atoms with Crippen LogP contribution in [0.2, 0.25) is 0 Å². The average molecular weight is 557 g/mol. The molecule has 0 bridgehead atoms. The molecule has 0 amide bonds. The summed E-state index contributed by atoms with van der Waals surface area (Å²) in [5, 5.41) is 14.7. The number of methoxy groups -OCH3 is 1. The Labute approximate surface area is 196 Å². The molecule has 2 N–H and O–H groups in total. The second kappa shape index (κ2) is 9.96. The molecule has 2 aromatic rings. The number of benzene rings is 1. The van der Waals surface area contributed by atoms with Gasteiger partial charge in [0.15, 0.2) is 11.5 Å². The fourth-order valence-corrected chi connectivity index (χ4v) is 4.23. The topological polar surface area (TPSA) is 108 Å². The SMILES string of the molecule is COc1cc(Br)c(Br)c(C=NNc2nc(N3CCCC3)nc(N3CCOCC3)n2)c1O. The molecule has 1 aromatic heterocycles. The van der Waals surface area contributed by atoms with Gasteiger partial charge in [-0.2, -0.15) is 20.1 Å². The first-order valence-corrected chi connectivity index (χ1v) is 11.5. The molecule has 0 aliphatic carbocycles. The normalized spacial score (nSPS) is 16.9. The van der Waals surface area contributed by atoms with Gasteiger partial charge in [-0.25, -0.2) is 5.43 Å². The molecule has 10 nitrogen and oxygen atoms in total. The largest absolute Gasteiger partial charge is 0.504 e. The van der Waals surface area contributed by atoms with Crippen LogP contribution in [0.4, 0.5) is 17.8 Å². The fourth-order valence-electron chi connectivity index (χ4n) is 3.41. The maximum absolute atomic E-state index is 10.4. The van der Waals surface area contributed by atoms with Crippen LogP contribution in [-0.4, -0.2) is 72.8 Å². The lowest BCUT2D eigenvalue weighted by Crippen LogP contribution is -2.38. The summed E-state index contributed by atoms with van der Waals surface area (Å²) in [5.74, 6) is 1.89. The number of hydrogen-bond acceptors (Lipinski definition) is 10. The molecule has 0 radical (unpaired) electrons. The van der Waals surface area contributed by atoms with E-state index >= 15 is 0 Å². The van der Waals surface area contributed by atoms with Crippen molar-refractivity contribution in [1.29, 1.82) is 0 Å². The zero-order valence-corrected chi connectivity index (χ0v) is 20.2. The van der Waals surface area contributed by atoms with Crippen LogP contribution in [-0.2, 0) is 4.74 Å². The highest BCUT2D eigenvalue weighted by Gasteiger charge is 2.21. The van der Waals surface area contributed by atoms with E-state index in [1.165, 1.54) is 13.3 Å². The van der Waals surface area contributed by atoms with Crippen molar-refractivity contribution in [3.63, 3.8) is 0 Å². The van der Waals surface area contributed by atoms with Gasteiger partial charge in [-0.15, -0.1) is 0 Å². The lowest BCUT2D eigenvalue weighted by atomic mass is 10.2. The first-order chi connectivity index (χ1) is 15.1. The Morgan fingerprint density at radius 1 is 1.10 bits per heavy atom. The summed E-state index contributed by atoms with van der Waals surface area (Å²) >= 11 is 6.89. The predicted molar refractivity (Wildman–Crippen MR) is 126 cm³/mol. The van der Waals surface area contributed by atoms with Crippen molar-refractivity contribution in [2.45, 2.75) is 12.8 Å². The van der Waals surface area contributed by atoms with Gasteiger partial charge in [0.25, 0.3) is 0 Å². The van der Waals surface area contributed by atoms with Gasteiger partial charge in [-0.05, 0) is 50.8 Å². The van der Waals surface area contributed by atoms with E-state index in [4.69, 9.17) is 9.47 Å². The number of nitrogens with one attached hydrogen (secondary N) is 1. The second-order valence-electron chi connectivity index (χ2n) is 7.06. The molecule has 2 fully saturated rings. The van der Waals surface area contributed by atoms with Gasteiger partial charge in [0.2, 0.25) is 17.8 Å². The molecular formula is C19H23Br2N7O3. The summed E-state index contributed by atoms with van der Waals surface area (Å²) in [6.07, 6.45) is 3.73. The quantitative estimate of drug-likeness (QED) is 0.410. The van der Waals surface area contributed by atoms with Crippen LogP contribution in [0, 0.1) is 0 Å². The van der Waals surface area contributed by atoms with E-state index in [-0.39, 0.29) is 5.75 Å². The maximum atomic E-state index is 10.4. The number of aromatic nitrogens is 3. The van der Waals surface area contributed by atoms with Crippen molar-refractivity contribution < 1.29 is 14.6 Å². The lowest BCUT2D eigenvalue weighted by molar-refractivity contribution is 0.122. The minimum Gasteiger partial charge on any atom is -0.504 e. The Hall–Kier alpha value is -2.18. The number of phenolic OH excluding ortho intramolecular Hbond substituents is 1. The fraction of sp³-hybridized carbons (Fsp3) is 0.474. The first-order valence-electron chi connectivity index (χ1n) is 9.94. The molecule has 1 aromatic carbocycles. The Kier molecular flexibility index (Phi) is 7.08. The zero-order valence-electron chi connectivity index (χ0n) is 17.0. The molecule has 0 saturated carbocycles. The molecule has 2 saturated heterocycles. The van der Waals surface area contributed by atoms with Crippen molar-refractivity contribution in [3.05, 3.63) is 20.6 Å². The first kappa shape index (κ1) is 22.0. The van der Waals surface area contributed by atoms with Gasteiger partial charge in [0, 0.05) is 35.1 Å². The molecule has 12 heteroatoms. The highest BCUT2D eigenvalue weighted by atomic mass is 79.9. The van der Waals surface area contributed by atoms with Gasteiger partial charge >= 0.3 is 0 Å². The molecule has 2 aliphatic heterocycles. The number of phenols is 1. The number of halogens is 2. The zero-order chi connectivity index (χ0) is 21.8. The number of aromatic hydroxyl groups is 1. The van der Waals surface area contributed by atoms with E-state index in [1.807, 2.05) is 0 Å². The van der Waals surface area contributed by atoms with Gasteiger partial charge in [0.1, 0.15) is 0 Å². The van der Waals surface area contributed by atoms with Crippen molar-refractivity contribution >= 4 is 55.9 Å². The van der Waals surface area contributed by atoms with Gasteiger partial charge in [0.05, 0.1) is 32.1 Å². The van der Waals surface area contributed by atoms with Crippen LogP contribution in [0.25, 0.3) is 0 Å². The Bertz CT molecular complexity index is 964. The number of hydrogen-bond donors (Lipinski definition) is 2. The van der Waals surface area contributed by atoms with Gasteiger partial charge in [-0.1, -0.05) is 0 Å². The molecule has 2 aliphatic rings. The molecule has 0 atom stereocenters. The minimum atomic E-state index is -0.0227. The molecule has 0 spiro atoms. The van der Waals surface area contributed by atoms with Crippen LogP contribution in [0.1, 0.15) is 18.4 Å². The summed E-state index contributed by atoms with van der Waals surface area (Å²) in [6.45, 7) is 4.59. The van der Waals surface area contributed by atoms with Crippen LogP contribution in [0.15, 0.2) is 20.1 Å². The van der Waals surface area contributed by atoms with E-state index in [0.717, 1.165) is 43.5 Å². The molecular weight excluding hydrogens is 534 g/mol. The van der Waals surface area contributed by atoms with Crippen LogP contribution in [0.5, 0.6) is 11.5 Å². The summed E-state index contributed by atoms with van der Waals surface area (Å²) in [5.41, 5.74) is 3.34. The number of ether oxygens (including phenoxy) is 2. The Morgan fingerprint density at radius 2 is 1.74 bits per heavy atom. The van der Waals surface area contributed by atoms with E-state index in [9.17, 15) is 5.11 Å². The Morgan fingerprint density at radius 3 is 2.39 bits per heavy atom. The van der Waals surface area contributed by atoms with E-state index in [2.05, 4.69) is 67.1 Å². The summed E-state index contributed by atoms with van der Waals surface area (Å²) < 4.78 is 12.0. The summed E-state index contributed by atoms with van der Waals surface area (Å²) in [4.78, 5) is 18.0. The summed E-state index contributed by atoms with van der Waals surface area (Å²) in [6, 6.07) is 1.67. The third-order valence-corrected chi connectivity index (χ3v) is 7.08. The van der Waals surface area contributed by atoms with E-state index in [1.54, 1.807) is 6.07 Å². The van der Waals surface area contributed by atoms with Crippen molar-refractivity contribution in [3.8, 4) is 11.5 Å². The third kappa shape index (κ3) is 5.01. The molecule has 31 heavy (non-hydrogen) atoms. The van der Waals surface area contributed by atoms with Gasteiger partial charge < -0.3 is 24.4 Å². The highest BCUT2D eigenvalue weighted by Crippen LogP contribution is 2.39. The lowest BCUT2D eigenvalue weighted by Gasteiger charge is -2.27. The monoisotopic (exact) mass is 555 g/mol. The molecule has 0 unspecified atom stereocenters. The highest BCUT2D eigenvalue weighted by molar-refractivity contribution is 9.13. The second-order valence-corrected chi connectivity index (χ2v) is 8.71. The van der Waals surface area contributed by atoms with Crippen LogP contribution < -0.4 is 20.0 Å². The van der Waals surface area contributed by atoms with Gasteiger partial charge in [-0.3, -0.25) is 0 Å². The Balaban J connectivity index is 1.60. The average Bonchev–Trinajstić information content (AvgIpc) is 3.34. The van der Waals surface area contributed by atoms with E-state index < -0.39 is 0 Å². The molecule has 166 valence electrons. The number of rotatable bonds is 6. The number of hydrazone groups is 1. The van der Waals surface area contributed by atoms with Crippen molar-refractivity contribution in [2.75, 3.05) is 61.7 Å². The number of nitrogens with zero attached hydrogens (tertiary/aromatic N) is 6. The molecule has 3 heterocycles. The predicted octanol–water partition coefficient (Wildman–Crippen LogP) is 2.99. The smallest absolute Gasteiger partial charge is 0.250 e. The standard InChI is InChI=1S/C19H23Br2N7O3/c1-30-14-10-13(20)15(21)12(16(14)29)11-22-26-17-23-18(27-4-2-3-5-27)25-19(24-17)28-6-8-31-9-7-28/h10-11,29H,2-9H2,1H3,(H,23,24,25,26). The molecule has 4 rings (SSSR count). The van der Waals surface area contributed by atoms with Crippen molar-refractivity contribution in [1.82, 2.24) is 15.0 Å². The maximum Gasteiger partial charge on any atom is 0.250 e. The van der Waals surface area contributed by atoms with Crippen molar-refractivity contribution in [2.24, 2.45) is 5.10 Å². The third-order valence-electron chi connectivity index (χ3n) is 5.07. The van der Waals surface area contributed by atoms with Crippen LogP contribution >= 0.6 is 31.9 Å². The number of morpholine rings is 1. The summed E-state index contributed by atoms with van der Waals surface area (Å²) in [7, 11) is 1.49. The van der Waals surface area contributed by atoms with E-state index in [0.29, 0.717) is 46.8 Å². The number of anilines is 3. The minimum absolute atomic E-state index is 0.0227.